The first-order valence-corrected chi connectivity index (χ1v) is 13.3. The average Bonchev–Trinajstić information content (AvgIpc) is 3.40. The number of likely N-dealkylation sites (tertiary alicyclic amines) is 1. The van der Waals surface area contributed by atoms with Gasteiger partial charge in [-0.25, -0.2) is 9.79 Å². The number of rotatable bonds is 4. The molecule has 1 aromatic heterocycles. The molecule has 10 heteroatoms. The van der Waals surface area contributed by atoms with E-state index in [-0.39, 0.29) is 17.8 Å². The minimum absolute atomic E-state index is 0.138. The SMILES string of the molecule is CC(C)(C)OC(=O)N1CCC2(CC1)N=C(SCC(=O)Nc1cccc(Cl)c1)C(c1cccs1)=N2. The highest BCUT2D eigenvalue weighted by Gasteiger charge is 2.41. The zero-order valence-electron chi connectivity index (χ0n) is 19.3. The van der Waals surface area contributed by atoms with Gasteiger partial charge in [0.1, 0.15) is 16.4 Å². The third-order valence-electron chi connectivity index (χ3n) is 5.25. The topological polar surface area (TPSA) is 83.4 Å². The number of ether oxygens (including phenoxy) is 1. The van der Waals surface area contributed by atoms with Crippen LogP contribution in [-0.2, 0) is 9.53 Å². The van der Waals surface area contributed by atoms with Gasteiger partial charge in [0.15, 0.2) is 5.66 Å². The Kier molecular flexibility index (Phi) is 7.35. The maximum absolute atomic E-state index is 12.5. The molecule has 2 aliphatic rings. The summed E-state index contributed by atoms with van der Waals surface area (Å²) in [6.45, 7) is 6.63. The molecule has 0 saturated carbocycles. The van der Waals surface area contributed by atoms with Crippen LogP contribution < -0.4 is 5.32 Å². The number of anilines is 1. The van der Waals surface area contributed by atoms with Crippen LogP contribution in [0.1, 0.15) is 38.5 Å². The minimum atomic E-state index is -0.608. The first-order valence-electron chi connectivity index (χ1n) is 11.0. The van der Waals surface area contributed by atoms with E-state index in [4.69, 9.17) is 26.3 Å². The molecule has 4 rings (SSSR count). The molecule has 0 radical (unpaired) electrons. The van der Waals surface area contributed by atoms with Crippen LogP contribution in [0.4, 0.5) is 10.5 Å². The number of aliphatic imine (C=N–C) groups is 2. The molecule has 0 aliphatic carbocycles. The van der Waals surface area contributed by atoms with Gasteiger partial charge in [-0.15, -0.1) is 11.3 Å². The molecule has 34 heavy (non-hydrogen) atoms. The first kappa shape index (κ1) is 24.8. The van der Waals surface area contributed by atoms with E-state index in [2.05, 4.69) is 5.32 Å². The second-order valence-corrected chi connectivity index (χ2v) is 11.5. The summed E-state index contributed by atoms with van der Waals surface area (Å²) in [5.41, 5.74) is 0.340. The number of carbonyl (C=O) groups is 2. The van der Waals surface area contributed by atoms with Gasteiger partial charge in [-0.3, -0.25) is 9.79 Å². The summed E-state index contributed by atoms with van der Waals surface area (Å²) in [7, 11) is 0. The van der Waals surface area contributed by atoms with Crippen molar-refractivity contribution in [3.05, 3.63) is 51.7 Å². The van der Waals surface area contributed by atoms with E-state index in [0.717, 1.165) is 15.6 Å². The van der Waals surface area contributed by atoms with Crippen molar-refractivity contribution in [3.8, 4) is 0 Å². The second kappa shape index (κ2) is 10.1. The molecular formula is C24H27ClN4O3S2. The van der Waals surface area contributed by atoms with Gasteiger partial charge in [-0.1, -0.05) is 35.5 Å². The predicted molar refractivity (Wildman–Crippen MR) is 141 cm³/mol. The summed E-state index contributed by atoms with van der Waals surface area (Å²) < 4.78 is 5.51. The number of thioether (sulfide) groups is 1. The number of piperidine rings is 1. The van der Waals surface area contributed by atoms with E-state index < -0.39 is 11.3 Å². The van der Waals surface area contributed by atoms with Gasteiger partial charge in [0.25, 0.3) is 0 Å². The smallest absolute Gasteiger partial charge is 0.410 e. The van der Waals surface area contributed by atoms with Crippen molar-refractivity contribution in [1.82, 2.24) is 4.90 Å². The largest absolute Gasteiger partial charge is 0.444 e. The van der Waals surface area contributed by atoms with Crippen molar-refractivity contribution in [2.24, 2.45) is 9.98 Å². The molecule has 7 nitrogen and oxygen atoms in total. The molecule has 0 unspecified atom stereocenters. The molecule has 2 amide bonds. The number of hydrogen-bond donors (Lipinski definition) is 1. The molecule has 1 N–H and O–H groups in total. The fraction of sp³-hybridized carbons (Fsp3) is 0.417. The standard InChI is InChI=1S/C24H27ClN4O3S2/c1-23(2,3)32-22(31)29-11-9-24(10-12-29)27-20(18-8-5-13-33-18)21(28-24)34-15-19(30)26-17-7-4-6-16(25)14-17/h4-8,13-14H,9-12,15H2,1-3H3,(H,26,30). The predicted octanol–water partition coefficient (Wildman–Crippen LogP) is 5.70. The molecule has 2 aromatic rings. The van der Waals surface area contributed by atoms with E-state index >= 15 is 0 Å². The highest BCUT2D eigenvalue weighted by molar-refractivity contribution is 8.16. The minimum Gasteiger partial charge on any atom is -0.444 e. The summed E-state index contributed by atoms with van der Waals surface area (Å²) >= 11 is 8.98. The van der Waals surface area contributed by atoms with Crippen molar-refractivity contribution < 1.29 is 14.3 Å². The monoisotopic (exact) mass is 518 g/mol. The highest BCUT2D eigenvalue weighted by atomic mass is 35.5. The summed E-state index contributed by atoms with van der Waals surface area (Å²) in [6, 6.07) is 11.1. The Morgan fingerprint density at radius 2 is 1.97 bits per heavy atom. The van der Waals surface area contributed by atoms with E-state index in [9.17, 15) is 9.59 Å². The van der Waals surface area contributed by atoms with Crippen molar-refractivity contribution in [2.45, 2.75) is 44.9 Å². The fourth-order valence-corrected chi connectivity index (χ4v) is 5.53. The molecule has 0 atom stereocenters. The number of nitrogens with zero attached hydrogens (tertiary/aromatic N) is 3. The van der Waals surface area contributed by atoms with Crippen LogP contribution in [-0.4, -0.2) is 57.8 Å². The number of thiophene rings is 1. The van der Waals surface area contributed by atoms with Gasteiger partial charge in [-0.05, 0) is 50.4 Å². The van der Waals surface area contributed by atoms with E-state index in [0.29, 0.717) is 36.6 Å². The molecule has 1 spiro atoms. The van der Waals surface area contributed by atoms with Crippen LogP contribution in [0, 0.1) is 0 Å². The summed E-state index contributed by atoms with van der Waals surface area (Å²) in [5, 5.41) is 6.20. The van der Waals surface area contributed by atoms with Crippen molar-refractivity contribution in [3.63, 3.8) is 0 Å². The molecule has 0 bridgehead atoms. The summed E-state index contributed by atoms with van der Waals surface area (Å²) in [6.07, 6.45) is 0.916. The van der Waals surface area contributed by atoms with Crippen LogP contribution in [0.25, 0.3) is 0 Å². The van der Waals surface area contributed by atoms with Crippen LogP contribution in [0.2, 0.25) is 5.02 Å². The van der Waals surface area contributed by atoms with Gasteiger partial charge >= 0.3 is 6.09 Å². The van der Waals surface area contributed by atoms with Crippen LogP contribution in [0.15, 0.2) is 51.8 Å². The van der Waals surface area contributed by atoms with E-state index in [1.807, 2.05) is 38.3 Å². The number of carbonyl (C=O) groups excluding carboxylic acids is 2. The van der Waals surface area contributed by atoms with Crippen molar-refractivity contribution >= 4 is 63.1 Å². The third-order valence-corrected chi connectivity index (χ3v) is 7.33. The van der Waals surface area contributed by atoms with E-state index in [1.54, 1.807) is 40.5 Å². The van der Waals surface area contributed by atoms with Crippen LogP contribution in [0.3, 0.4) is 0 Å². The molecule has 1 saturated heterocycles. The lowest BCUT2D eigenvalue weighted by Gasteiger charge is -2.36. The number of benzene rings is 1. The number of halogens is 1. The first-order chi connectivity index (χ1) is 16.1. The Hall–Kier alpha value is -2.36. The van der Waals surface area contributed by atoms with Gasteiger partial charge < -0.3 is 15.0 Å². The normalized spacial score (nSPS) is 17.4. The third kappa shape index (κ3) is 6.20. The lowest BCUT2D eigenvalue weighted by molar-refractivity contribution is -0.113. The highest BCUT2D eigenvalue weighted by Crippen LogP contribution is 2.36. The number of nitrogens with one attached hydrogen (secondary N) is 1. The number of amides is 2. The Balaban J connectivity index is 1.44. The van der Waals surface area contributed by atoms with Gasteiger partial charge in [0.05, 0.1) is 10.6 Å². The van der Waals surface area contributed by atoms with Crippen molar-refractivity contribution in [1.29, 1.82) is 0 Å². The average molecular weight is 519 g/mol. The van der Waals surface area contributed by atoms with Crippen LogP contribution >= 0.6 is 34.7 Å². The second-order valence-electron chi connectivity index (χ2n) is 9.15. The summed E-state index contributed by atoms with van der Waals surface area (Å²) in [5.74, 6) is 0.0664. The Morgan fingerprint density at radius 1 is 1.21 bits per heavy atom. The van der Waals surface area contributed by atoms with Gasteiger partial charge in [0.2, 0.25) is 5.91 Å². The summed E-state index contributed by atoms with van der Waals surface area (Å²) in [4.78, 5) is 37.7. The maximum Gasteiger partial charge on any atom is 0.410 e. The Labute approximate surface area is 212 Å². The molecule has 1 aromatic carbocycles. The Morgan fingerprint density at radius 3 is 2.62 bits per heavy atom. The zero-order valence-corrected chi connectivity index (χ0v) is 21.7. The fourth-order valence-electron chi connectivity index (χ4n) is 3.69. The lowest BCUT2D eigenvalue weighted by atomic mass is 9.99. The van der Waals surface area contributed by atoms with E-state index in [1.165, 1.54) is 11.8 Å². The zero-order chi connectivity index (χ0) is 24.3. The quantitative estimate of drug-likeness (QED) is 0.562. The van der Waals surface area contributed by atoms with Gasteiger partial charge in [0, 0.05) is 36.6 Å². The Bertz CT molecular complexity index is 1120. The molecule has 2 aliphatic heterocycles. The molecule has 3 heterocycles. The number of hydrogen-bond acceptors (Lipinski definition) is 7. The lowest BCUT2D eigenvalue weighted by Crippen LogP contribution is -2.46. The molecule has 1 fully saturated rings. The molecule has 180 valence electrons. The maximum atomic E-state index is 12.5. The molecular weight excluding hydrogens is 492 g/mol. The van der Waals surface area contributed by atoms with Crippen LogP contribution in [0.5, 0.6) is 0 Å². The van der Waals surface area contributed by atoms with Crippen molar-refractivity contribution in [2.75, 3.05) is 24.2 Å². The van der Waals surface area contributed by atoms with Gasteiger partial charge in [-0.2, -0.15) is 0 Å².